The largest absolute Gasteiger partial charge is 0.496 e. The van der Waals surface area contributed by atoms with E-state index >= 15 is 0 Å². The van der Waals surface area contributed by atoms with Gasteiger partial charge in [-0.1, -0.05) is 6.07 Å². The van der Waals surface area contributed by atoms with Crippen molar-refractivity contribution in [1.82, 2.24) is 0 Å². The Morgan fingerprint density at radius 1 is 1.45 bits per heavy atom. The summed E-state index contributed by atoms with van der Waals surface area (Å²) in [6.45, 7) is 2.56. The molecule has 1 aromatic heterocycles. The minimum Gasteiger partial charge on any atom is -0.496 e. The average Bonchev–Trinajstić information content (AvgIpc) is 2.82. The molecule has 2 aromatic rings. The fourth-order valence-corrected chi connectivity index (χ4v) is 3.72. The highest BCUT2D eigenvalue weighted by Crippen LogP contribution is 2.35. The molecule has 1 atom stereocenters. The number of methoxy groups -OCH3 is 1. The highest BCUT2D eigenvalue weighted by Gasteiger charge is 2.17. The SMILES string of the molecule is COc1cccc(N(C)Cc2cc(Br)cs2)c1[C@@H](C)O. The molecule has 1 N–H and O–H groups in total. The Bertz CT molecular complexity index is 583. The van der Waals surface area contributed by atoms with Crippen LogP contribution in [0, 0.1) is 0 Å². The molecular formula is C15H18BrNO2S. The third-order valence-electron chi connectivity index (χ3n) is 3.11. The van der Waals surface area contributed by atoms with Crippen molar-refractivity contribution in [2.45, 2.75) is 19.6 Å². The fraction of sp³-hybridized carbons (Fsp3) is 0.333. The Balaban J connectivity index is 2.31. The second-order valence-corrected chi connectivity index (χ2v) is 6.57. The van der Waals surface area contributed by atoms with Crippen molar-refractivity contribution >= 4 is 33.0 Å². The maximum atomic E-state index is 10.0. The highest BCUT2D eigenvalue weighted by molar-refractivity contribution is 9.10. The van der Waals surface area contributed by atoms with Gasteiger partial charge in [0.15, 0.2) is 0 Å². The molecule has 0 aliphatic carbocycles. The number of benzene rings is 1. The summed E-state index contributed by atoms with van der Waals surface area (Å²) in [5.74, 6) is 0.719. The molecule has 0 spiro atoms. The van der Waals surface area contributed by atoms with Gasteiger partial charge >= 0.3 is 0 Å². The van der Waals surface area contributed by atoms with Crippen molar-refractivity contribution in [2.24, 2.45) is 0 Å². The minimum absolute atomic E-state index is 0.571. The molecule has 0 aliphatic heterocycles. The summed E-state index contributed by atoms with van der Waals surface area (Å²) < 4.78 is 6.46. The Morgan fingerprint density at radius 2 is 2.20 bits per heavy atom. The van der Waals surface area contributed by atoms with Crippen LogP contribution in [0.25, 0.3) is 0 Å². The topological polar surface area (TPSA) is 32.7 Å². The zero-order valence-corrected chi connectivity index (χ0v) is 14.2. The van der Waals surface area contributed by atoms with Crippen LogP contribution >= 0.6 is 27.3 Å². The van der Waals surface area contributed by atoms with E-state index in [9.17, 15) is 5.11 Å². The van der Waals surface area contributed by atoms with E-state index < -0.39 is 6.10 Å². The van der Waals surface area contributed by atoms with Gasteiger partial charge < -0.3 is 14.7 Å². The predicted octanol–water partition coefficient (Wildman–Crippen LogP) is 4.21. The first-order valence-corrected chi connectivity index (χ1v) is 7.99. The number of halogens is 1. The molecule has 20 heavy (non-hydrogen) atoms. The van der Waals surface area contributed by atoms with E-state index in [4.69, 9.17) is 4.74 Å². The second kappa shape index (κ2) is 6.61. The van der Waals surface area contributed by atoms with E-state index in [1.54, 1.807) is 25.4 Å². The molecule has 108 valence electrons. The molecule has 0 unspecified atom stereocenters. The van der Waals surface area contributed by atoms with Crippen LogP contribution in [-0.4, -0.2) is 19.3 Å². The summed E-state index contributed by atoms with van der Waals surface area (Å²) >= 11 is 5.19. The average molecular weight is 356 g/mol. The molecule has 0 amide bonds. The number of hydrogen-bond donors (Lipinski definition) is 1. The lowest BCUT2D eigenvalue weighted by molar-refractivity contribution is 0.194. The van der Waals surface area contributed by atoms with Gasteiger partial charge in [0.1, 0.15) is 5.75 Å². The van der Waals surface area contributed by atoms with Gasteiger partial charge in [-0.05, 0) is 41.1 Å². The summed E-state index contributed by atoms with van der Waals surface area (Å²) in [6, 6.07) is 7.94. The standard InChI is InChI=1S/C15H18BrNO2S/c1-10(18)15-13(5-4-6-14(15)19-3)17(2)8-12-7-11(16)9-20-12/h4-7,9-10,18H,8H2,1-3H3/t10-/m1/s1. The number of ether oxygens (including phenoxy) is 1. The summed E-state index contributed by atoms with van der Waals surface area (Å²) in [4.78, 5) is 3.39. The van der Waals surface area contributed by atoms with Gasteiger partial charge in [0.2, 0.25) is 0 Å². The van der Waals surface area contributed by atoms with Crippen LogP contribution in [-0.2, 0) is 6.54 Å². The molecule has 1 aromatic carbocycles. The first kappa shape index (κ1) is 15.4. The lowest BCUT2D eigenvalue weighted by Crippen LogP contribution is -2.18. The fourth-order valence-electron chi connectivity index (χ4n) is 2.22. The van der Waals surface area contributed by atoms with E-state index in [1.807, 2.05) is 25.2 Å². The van der Waals surface area contributed by atoms with Crippen molar-refractivity contribution < 1.29 is 9.84 Å². The molecule has 0 radical (unpaired) electrons. The van der Waals surface area contributed by atoms with Crippen LogP contribution in [0.5, 0.6) is 5.75 Å². The van der Waals surface area contributed by atoms with Crippen molar-refractivity contribution in [3.05, 3.63) is 44.6 Å². The van der Waals surface area contributed by atoms with Gasteiger partial charge in [-0.25, -0.2) is 0 Å². The molecule has 3 nitrogen and oxygen atoms in total. The van der Waals surface area contributed by atoms with E-state index in [2.05, 4.69) is 32.3 Å². The molecule has 0 fully saturated rings. The van der Waals surface area contributed by atoms with Crippen molar-refractivity contribution in [3.63, 3.8) is 0 Å². The molecule has 0 saturated carbocycles. The van der Waals surface area contributed by atoms with Gasteiger partial charge in [0.05, 0.1) is 19.8 Å². The molecule has 5 heteroatoms. The number of thiophene rings is 1. The normalized spacial score (nSPS) is 12.2. The lowest BCUT2D eigenvalue weighted by atomic mass is 10.1. The first-order chi connectivity index (χ1) is 9.52. The van der Waals surface area contributed by atoms with Crippen molar-refractivity contribution in [1.29, 1.82) is 0 Å². The third kappa shape index (κ3) is 3.34. The number of rotatable bonds is 5. The zero-order valence-electron chi connectivity index (χ0n) is 11.8. The van der Waals surface area contributed by atoms with Crippen LogP contribution in [0.1, 0.15) is 23.5 Å². The molecule has 0 saturated heterocycles. The van der Waals surface area contributed by atoms with Crippen LogP contribution in [0.2, 0.25) is 0 Å². The Kier molecular flexibility index (Phi) is 5.07. The molecule has 0 aliphatic rings. The minimum atomic E-state index is -0.571. The van der Waals surface area contributed by atoms with E-state index in [0.29, 0.717) is 0 Å². The van der Waals surface area contributed by atoms with Gasteiger partial charge in [-0.2, -0.15) is 0 Å². The predicted molar refractivity (Wildman–Crippen MR) is 87.8 cm³/mol. The maximum Gasteiger partial charge on any atom is 0.126 e. The summed E-state index contributed by atoms with van der Waals surface area (Å²) in [7, 11) is 3.65. The number of nitrogens with zero attached hydrogens (tertiary/aromatic N) is 1. The molecular weight excluding hydrogens is 338 g/mol. The smallest absolute Gasteiger partial charge is 0.126 e. The number of hydrogen-bond acceptors (Lipinski definition) is 4. The lowest BCUT2D eigenvalue weighted by Gasteiger charge is -2.24. The number of aliphatic hydroxyl groups excluding tert-OH is 1. The summed E-state index contributed by atoms with van der Waals surface area (Å²) in [5, 5.41) is 12.1. The first-order valence-electron chi connectivity index (χ1n) is 6.32. The number of anilines is 1. The van der Waals surface area contributed by atoms with E-state index in [1.165, 1.54) is 4.88 Å². The second-order valence-electron chi connectivity index (χ2n) is 4.66. The Hall–Kier alpha value is -1.04. The van der Waals surface area contributed by atoms with Crippen LogP contribution in [0.3, 0.4) is 0 Å². The Labute approximate surface area is 131 Å². The summed E-state index contributed by atoms with van der Waals surface area (Å²) in [6.07, 6.45) is -0.571. The zero-order chi connectivity index (χ0) is 14.7. The maximum absolute atomic E-state index is 10.0. The van der Waals surface area contributed by atoms with Gasteiger partial charge in [-0.15, -0.1) is 11.3 Å². The van der Waals surface area contributed by atoms with Crippen molar-refractivity contribution in [2.75, 3.05) is 19.1 Å². The quantitative estimate of drug-likeness (QED) is 0.871. The Morgan fingerprint density at radius 3 is 2.75 bits per heavy atom. The molecule has 1 heterocycles. The monoisotopic (exact) mass is 355 g/mol. The van der Waals surface area contributed by atoms with Crippen LogP contribution in [0.15, 0.2) is 34.1 Å². The van der Waals surface area contributed by atoms with Gasteiger partial charge in [0.25, 0.3) is 0 Å². The third-order valence-corrected chi connectivity index (χ3v) is 4.79. The molecule has 2 rings (SSSR count). The molecule has 0 bridgehead atoms. The number of aliphatic hydroxyl groups is 1. The highest BCUT2D eigenvalue weighted by atomic mass is 79.9. The van der Waals surface area contributed by atoms with E-state index in [-0.39, 0.29) is 0 Å². The summed E-state index contributed by atoms with van der Waals surface area (Å²) in [5.41, 5.74) is 1.82. The van der Waals surface area contributed by atoms with Gasteiger partial charge in [0, 0.05) is 33.0 Å². The van der Waals surface area contributed by atoms with Gasteiger partial charge in [-0.3, -0.25) is 0 Å². The van der Waals surface area contributed by atoms with Crippen molar-refractivity contribution in [3.8, 4) is 5.75 Å². The van der Waals surface area contributed by atoms with E-state index in [0.717, 1.165) is 28.0 Å². The van der Waals surface area contributed by atoms with Crippen LogP contribution < -0.4 is 9.64 Å². The van der Waals surface area contributed by atoms with Crippen LogP contribution in [0.4, 0.5) is 5.69 Å².